The fourth-order valence-electron chi connectivity index (χ4n) is 2.97. The van der Waals surface area contributed by atoms with Gasteiger partial charge in [-0.1, -0.05) is 18.6 Å². The third-order valence-corrected chi connectivity index (χ3v) is 3.94. The van der Waals surface area contributed by atoms with Crippen molar-refractivity contribution in [2.24, 2.45) is 5.41 Å². The molecule has 3 heteroatoms. The average molecular weight is 250 g/mol. The van der Waals surface area contributed by atoms with Crippen LogP contribution in [0.5, 0.6) is 0 Å². The Labute approximate surface area is 109 Å². The third kappa shape index (κ3) is 3.30. The van der Waals surface area contributed by atoms with E-state index in [1.165, 1.54) is 37.0 Å². The molecule has 1 N–H and O–H groups in total. The van der Waals surface area contributed by atoms with Crippen LogP contribution in [0, 0.1) is 11.2 Å². The van der Waals surface area contributed by atoms with E-state index in [2.05, 4.69) is 17.3 Å². The Kier molecular flexibility index (Phi) is 4.36. The topological polar surface area (TPSA) is 15.3 Å². The van der Waals surface area contributed by atoms with Gasteiger partial charge in [0.2, 0.25) is 0 Å². The second-order valence-corrected chi connectivity index (χ2v) is 5.68. The van der Waals surface area contributed by atoms with Crippen molar-refractivity contribution in [1.82, 2.24) is 10.2 Å². The lowest BCUT2D eigenvalue weighted by atomic mass is 9.68. The maximum Gasteiger partial charge on any atom is 0.123 e. The summed E-state index contributed by atoms with van der Waals surface area (Å²) in [6.45, 7) is 3.11. The Morgan fingerprint density at radius 1 is 1.28 bits per heavy atom. The second kappa shape index (κ2) is 5.81. The molecule has 0 saturated heterocycles. The quantitative estimate of drug-likeness (QED) is 0.835. The molecule has 0 amide bonds. The number of benzene rings is 1. The molecule has 0 radical (unpaired) electrons. The first-order valence-electron chi connectivity index (χ1n) is 6.71. The molecule has 0 atom stereocenters. The van der Waals surface area contributed by atoms with E-state index < -0.39 is 0 Å². The minimum atomic E-state index is -0.160. The number of nitrogens with zero attached hydrogens (tertiary/aromatic N) is 1. The summed E-state index contributed by atoms with van der Waals surface area (Å²) in [5.41, 5.74) is 1.64. The van der Waals surface area contributed by atoms with E-state index in [0.29, 0.717) is 5.41 Å². The molecule has 1 fully saturated rings. The minimum absolute atomic E-state index is 0.160. The van der Waals surface area contributed by atoms with Crippen molar-refractivity contribution in [2.45, 2.75) is 25.8 Å². The van der Waals surface area contributed by atoms with Gasteiger partial charge in [-0.05, 0) is 50.0 Å². The number of hydrogen-bond acceptors (Lipinski definition) is 2. The lowest BCUT2D eigenvalue weighted by molar-refractivity contribution is 0.0768. The van der Waals surface area contributed by atoms with Crippen molar-refractivity contribution in [3.63, 3.8) is 0 Å². The van der Waals surface area contributed by atoms with E-state index in [-0.39, 0.29) is 5.82 Å². The fraction of sp³-hybridized carbons (Fsp3) is 0.600. The Morgan fingerprint density at radius 2 is 1.94 bits per heavy atom. The summed E-state index contributed by atoms with van der Waals surface area (Å²) in [5.74, 6) is -0.160. The first-order chi connectivity index (χ1) is 8.63. The van der Waals surface area contributed by atoms with E-state index in [4.69, 9.17) is 0 Å². The van der Waals surface area contributed by atoms with Crippen molar-refractivity contribution in [3.05, 3.63) is 35.6 Å². The summed E-state index contributed by atoms with van der Waals surface area (Å²) < 4.78 is 12.8. The Morgan fingerprint density at radius 3 is 2.44 bits per heavy atom. The molecule has 1 aliphatic rings. The maximum atomic E-state index is 12.8. The highest BCUT2D eigenvalue weighted by atomic mass is 19.1. The van der Waals surface area contributed by atoms with E-state index in [0.717, 1.165) is 19.6 Å². The van der Waals surface area contributed by atoms with Gasteiger partial charge in [-0.25, -0.2) is 4.39 Å². The monoisotopic (exact) mass is 250 g/mol. The van der Waals surface area contributed by atoms with Crippen molar-refractivity contribution in [3.8, 4) is 0 Å². The largest absolute Gasteiger partial charge is 0.319 e. The van der Waals surface area contributed by atoms with Crippen LogP contribution in [-0.2, 0) is 6.54 Å². The predicted octanol–water partition coefficient (Wildman–Crippen LogP) is 2.65. The normalized spacial score (nSPS) is 17.8. The van der Waals surface area contributed by atoms with Crippen LogP contribution in [0.4, 0.5) is 4.39 Å². The van der Waals surface area contributed by atoms with Crippen LogP contribution in [0.15, 0.2) is 24.3 Å². The van der Waals surface area contributed by atoms with Gasteiger partial charge in [-0.2, -0.15) is 0 Å². The van der Waals surface area contributed by atoms with Crippen LogP contribution >= 0.6 is 0 Å². The molecular formula is C15H23FN2. The zero-order chi connectivity index (χ0) is 13.0. The standard InChI is InChI=1S/C15H23FN2/c1-17-11-15(8-3-9-15)12-18(2)10-13-4-6-14(16)7-5-13/h4-7,17H,3,8-12H2,1-2H3. The Bertz CT molecular complexity index is 371. The molecule has 0 bridgehead atoms. The number of hydrogen-bond donors (Lipinski definition) is 1. The van der Waals surface area contributed by atoms with Gasteiger partial charge in [0.1, 0.15) is 5.82 Å². The Hall–Kier alpha value is -0.930. The number of nitrogens with one attached hydrogen (secondary N) is 1. The van der Waals surface area contributed by atoms with E-state index in [1.807, 2.05) is 19.2 Å². The molecule has 2 rings (SSSR count). The molecule has 1 saturated carbocycles. The molecular weight excluding hydrogens is 227 g/mol. The zero-order valence-corrected chi connectivity index (χ0v) is 11.4. The van der Waals surface area contributed by atoms with Gasteiger partial charge in [0, 0.05) is 19.6 Å². The highest BCUT2D eigenvalue weighted by Crippen LogP contribution is 2.40. The summed E-state index contributed by atoms with van der Waals surface area (Å²) in [5, 5.41) is 3.31. The van der Waals surface area contributed by atoms with Crippen molar-refractivity contribution < 1.29 is 4.39 Å². The summed E-state index contributed by atoms with van der Waals surface area (Å²) in [6, 6.07) is 6.82. The lowest BCUT2D eigenvalue weighted by Crippen LogP contribution is -2.46. The van der Waals surface area contributed by atoms with E-state index >= 15 is 0 Å². The SMILES string of the molecule is CNCC1(CN(C)Cc2ccc(F)cc2)CCC1. The second-order valence-electron chi connectivity index (χ2n) is 5.68. The third-order valence-electron chi connectivity index (χ3n) is 3.94. The molecule has 18 heavy (non-hydrogen) atoms. The summed E-state index contributed by atoms with van der Waals surface area (Å²) in [4.78, 5) is 2.35. The van der Waals surface area contributed by atoms with Gasteiger partial charge in [-0.15, -0.1) is 0 Å². The smallest absolute Gasteiger partial charge is 0.123 e. The molecule has 2 nitrogen and oxygen atoms in total. The van der Waals surface area contributed by atoms with Crippen LogP contribution in [-0.4, -0.2) is 32.1 Å². The van der Waals surface area contributed by atoms with Crippen LogP contribution in [0.3, 0.4) is 0 Å². The molecule has 1 aromatic carbocycles. The first kappa shape index (κ1) is 13.5. The van der Waals surface area contributed by atoms with Gasteiger partial charge in [0.15, 0.2) is 0 Å². The molecule has 1 aromatic rings. The van der Waals surface area contributed by atoms with Crippen LogP contribution in [0.25, 0.3) is 0 Å². The lowest BCUT2D eigenvalue weighted by Gasteiger charge is -2.44. The van der Waals surface area contributed by atoms with Gasteiger partial charge < -0.3 is 10.2 Å². The van der Waals surface area contributed by atoms with Crippen molar-refractivity contribution in [2.75, 3.05) is 27.2 Å². The first-order valence-corrected chi connectivity index (χ1v) is 6.71. The summed E-state index contributed by atoms with van der Waals surface area (Å²) >= 11 is 0. The van der Waals surface area contributed by atoms with E-state index in [9.17, 15) is 4.39 Å². The molecule has 0 unspecified atom stereocenters. The number of rotatable bonds is 6. The van der Waals surface area contributed by atoms with E-state index in [1.54, 1.807) is 0 Å². The van der Waals surface area contributed by atoms with Gasteiger partial charge >= 0.3 is 0 Å². The summed E-state index contributed by atoms with van der Waals surface area (Å²) in [6.07, 6.45) is 4.00. The molecule has 0 aromatic heterocycles. The van der Waals surface area contributed by atoms with Crippen molar-refractivity contribution >= 4 is 0 Å². The van der Waals surface area contributed by atoms with Crippen molar-refractivity contribution in [1.29, 1.82) is 0 Å². The van der Waals surface area contributed by atoms with Crippen LogP contribution in [0.2, 0.25) is 0 Å². The average Bonchev–Trinajstić information content (AvgIpc) is 2.29. The minimum Gasteiger partial charge on any atom is -0.319 e. The highest BCUT2D eigenvalue weighted by Gasteiger charge is 2.36. The predicted molar refractivity (Wildman–Crippen MR) is 72.9 cm³/mol. The molecule has 0 aliphatic heterocycles. The number of halogens is 1. The Balaban J connectivity index is 1.88. The van der Waals surface area contributed by atoms with Gasteiger partial charge in [-0.3, -0.25) is 0 Å². The van der Waals surface area contributed by atoms with Gasteiger partial charge in [0.05, 0.1) is 0 Å². The van der Waals surface area contributed by atoms with Gasteiger partial charge in [0.25, 0.3) is 0 Å². The summed E-state index contributed by atoms with van der Waals surface area (Å²) in [7, 11) is 4.18. The molecule has 1 aliphatic carbocycles. The molecule has 0 spiro atoms. The zero-order valence-electron chi connectivity index (χ0n) is 11.4. The van der Waals surface area contributed by atoms with Crippen LogP contribution in [0.1, 0.15) is 24.8 Å². The molecule has 100 valence electrons. The van der Waals surface area contributed by atoms with Crippen LogP contribution < -0.4 is 5.32 Å². The maximum absolute atomic E-state index is 12.8. The fourth-order valence-corrected chi connectivity index (χ4v) is 2.97. The highest BCUT2D eigenvalue weighted by molar-refractivity contribution is 5.15. The molecule has 0 heterocycles.